The Bertz CT molecular complexity index is 462. The average Bonchev–Trinajstić information content (AvgIpc) is 2.22. The van der Waals surface area contributed by atoms with Gasteiger partial charge in [0.25, 0.3) is 0 Å². The van der Waals surface area contributed by atoms with Gasteiger partial charge in [-0.05, 0) is 17.7 Å². The molecule has 0 spiro atoms. The Morgan fingerprint density at radius 2 is 1.88 bits per heavy atom. The van der Waals surface area contributed by atoms with Gasteiger partial charge in [-0.2, -0.15) is 0 Å². The van der Waals surface area contributed by atoms with Crippen LogP contribution in [0.4, 0.5) is 8.78 Å². The molecular formula is C11H11F2NO3. The SMILES string of the molecule is CC(=O)N(C)C(C(=O)O)c1ccc(F)c(F)c1. The van der Waals surface area contributed by atoms with Gasteiger partial charge in [0.1, 0.15) is 0 Å². The first-order chi connectivity index (χ1) is 7.84. The number of carboxylic acid groups (broad SMARTS) is 1. The maximum atomic E-state index is 13.0. The quantitative estimate of drug-likeness (QED) is 0.876. The zero-order chi connectivity index (χ0) is 13.2. The zero-order valence-corrected chi connectivity index (χ0v) is 9.28. The second-order valence-corrected chi connectivity index (χ2v) is 3.54. The van der Waals surface area contributed by atoms with E-state index in [0.29, 0.717) is 0 Å². The summed E-state index contributed by atoms with van der Waals surface area (Å²) >= 11 is 0. The van der Waals surface area contributed by atoms with E-state index in [4.69, 9.17) is 5.11 Å². The van der Waals surface area contributed by atoms with E-state index in [1.807, 2.05) is 0 Å². The molecular weight excluding hydrogens is 232 g/mol. The van der Waals surface area contributed by atoms with Gasteiger partial charge >= 0.3 is 5.97 Å². The largest absolute Gasteiger partial charge is 0.479 e. The normalized spacial score (nSPS) is 12.0. The first-order valence-corrected chi connectivity index (χ1v) is 4.75. The highest BCUT2D eigenvalue weighted by Gasteiger charge is 2.27. The van der Waals surface area contributed by atoms with Crippen molar-refractivity contribution in [2.24, 2.45) is 0 Å². The van der Waals surface area contributed by atoms with Crippen LogP contribution >= 0.6 is 0 Å². The molecule has 0 radical (unpaired) electrons. The molecule has 0 aromatic heterocycles. The van der Waals surface area contributed by atoms with Crippen molar-refractivity contribution in [2.75, 3.05) is 7.05 Å². The van der Waals surface area contributed by atoms with Crippen LogP contribution in [0.5, 0.6) is 0 Å². The fourth-order valence-electron chi connectivity index (χ4n) is 1.40. The molecule has 0 bridgehead atoms. The van der Waals surface area contributed by atoms with Gasteiger partial charge in [0.05, 0.1) is 0 Å². The number of nitrogens with zero attached hydrogens (tertiary/aromatic N) is 1. The van der Waals surface area contributed by atoms with Crippen LogP contribution in [0.1, 0.15) is 18.5 Å². The first-order valence-electron chi connectivity index (χ1n) is 4.75. The fraction of sp³-hybridized carbons (Fsp3) is 0.273. The minimum Gasteiger partial charge on any atom is -0.479 e. The van der Waals surface area contributed by atoms with Crippen LogP contribution in [0.2, 0.25) is 0 Å². The molecule has 92 valence electrons. The molecule has 0 aliphatic heterocycles. The number of amides is 1. The van der Waals surface area contributed by atoms with Crippen molar-refractivity contribution >= 4 is 11.9 Å². The summed E-state index contributed by atoms with van der Waals surface area (Å²) < 4.78 is 25.7. The van der Waals surface area contributed by atoms with Gasteiger partial charge in [0.2, 0.25) is 5.91 Å². The third kappa shape index (κ3) is 2.77. The Hall–Kier alpha value is -1.98. The Balaban J connectivity index is 3.19. The molecule has 1 N–H and O–H groups in total. The van der Waals surface area contributed by atoms with E-state index in [1.54, 1.807) is 0 Å². The maximum Gasteiger partial charge on any atom is 0.331 e. The van der Waals surface area contributed by atoms with Crippen LogP contribution in [0, 0.1) is 11.6 Å². The number of benzene rings is 1. The molecule has 1 aromatic carbocycles. The molecule has 17 heavy (non-hydrogen) atoms. The molecule has 6 heteroatoms. The lowest BCUT2D eigenvalue weighted by Crippen LogP contribution is -2.34. The predicted molar refractivity (Wildman–Crippen MR) is 55.2 cm³/mol. The van der Waals surface area contributed by atoms with Crippen LogP contribution in [0.3, 0.4) is 0 Å². The van der Waals surface area contributed by atoms with Gasteiger partial charge in [-0.25, -0.2) is 13.6 Å². The lowest BCUT2D eigenvalue weighted by molar-refractivity contribution is -0.148. The predicted octanol–water partition coefficient (Wildman–Crippen LogP) is 1.57. The minimum atomic E-state index is -1.33. The highest BCUT2D eigenvalue weighted by atomic mass is 19.2. The third-order valence-corrected chi connectivity index (χ3v) is 2.38. The Labute approximate surface area is 96.5 Å². The second-order valence-electron chi connectivity index (χ2n) is 3.54. The van der Waals surface area contributed by atoms with Gasteiger partial charge in [-0.15, -0.1) is 0 Å². The fourth-order valence-corrected chi connectivity index (χ4v) is 1.40. The lowest BCUT2D eigenvalue weighted by atomic mass is 10.1. The minimum absolute atomic E-state index is 0.00843. The molecule has 4 nitrogen and oxygen atoms in total. The molecule has 0 fully saturated rings. The number of carbonyl (C=O) groups excluding carboxylic acids is 1. The van der Waals surface area contributed by atoms with E-state index >= 15 is 0 Å². The van der Waals surface area contributed by atoms with Crippen molar-refractivity contribution in [1.82, 2.24) is 4.90 Å². The lowest BCUT2D eigenvalue weighted by Gasteiger charge is -2.23. The molecule has 0 saturated carbocycles. The molecule has 1 amide bonds. The number of aliphatic carboxylic acids is 1. The standard InChI is InChI=1S/C11H11F2NO3/c1-6(15)14(2)10(11(16)17)7-3-4-8(12)9(13)5-7/h3-5,10H,1-2H3,(H,16,17). The summed E-state index contributed by atoms with van der Waals surface area (Å²) in [6.45, 7) is 1.19. The van der Waals surface area contributed by atoms with Crippen molar-refractivity contribution in [3.8, 4) is 0 Å². The molecule has 0 heterocycles. The van der Waals surface area contributed by atoms with E-state index in [0.717, 1.165) is 23.1 Å². The Kier molecular flexibility index (Phi) is 3.77. The molecule has 1 unspecified atom stereocenters. The van der Waals surface area contributed by atoms with Crippen molar-refractivity contribution in [3.05, 3.63) is 35.4 Å². The van der Waals surface area contributed by atoms with Crippen molar-refractivity contribution in [3.63, 3.8) is 0 Å². The maximum absolute atomic E-state index is 13.0. The molecule has 0 aliphatic carbocycles. The zero-order valence-electron chi connectivity index (χ0n) is 9.28. The number of hydrogen-bond donors (Lipinski definition) is 1. The van der Waals surface area contributed by atoms with Crippen molar-refractivity contribution in [2.45, 2.75) is 13.0 Å². The van der Waals surface area contributed by atoms with Gasteiger partial charge in [-0.3, -0.25) is 4.79 Å². The number of carbonyl (C=O) groups is 2. The summed E-state index contributed by atoms with van der Waals surface area (Å²) in [5.41, 5.74) is 0.00843. The van der Waals surface area contributed by atoms with E-state index in [2.05, 4.69) is 0 Å². The van der Waals surface area contributed by atoms with Crippen LogP contribution in [0.15, 0.2) is 18.2 Å². The van der Waals surface area contributed by atoms with Crippen molar-refractivity contribution in [1.29, 1.82) is 0 Å². The summed E-state index contributed by atoms with van der Waals surface area (Å²) in [7, 11) is 1.28. The Morgan fingerprint density at radius 3 is 2.29 bits per heavy atom. The third-order valence-electron chi connectivity index (χ3n) is 2.38. The summed E-state index contributed by atoms with van der Waals surface area (Å²) in [5.74, 6) is -4.01. The number of halogens is 2. The van der Waals surface area contributed by atoms with Gasteiger partial charge < -0.3 is 10.0 Å². The van der Waals surface area contributed by atoms with Crippen LogP contribution in [-0.2, 0) is 9.59 Å². The topological polar surface area (TPSA) is 57.6 Å². The average molecular weight is 243 g/mol. The smallest absolute Gasteiger partial charge is 0.331 e. The van der Waals surface area contributed by atoms with Crippen LogP contribution in [0.25, 0.3) is 0 Å². The summed E-state index contributed by atoms with van der Waals surface area (Å²) in [4.78, 5) is 23.1. The van der Waals surface area contributed by atoms with E-state index in [9.17, 15) is 18.4 Å². The molecule has 1 atom stereocenters. The highest BCUT2D eigenvalue weighted by molar-refractivity contribution is 5.83. The number of likely N-dealkylation sites (N-methyl/N-ethyl adjacent to an activating group) is 1. The molecule has 1 aromatic rings. The Morgan fingerprint density at radius 1 is 1.29 bits per heavy atom. The number of hydrogen-bond acceptors (Lipinski definition) is 2. The molecule has 1 rings (SSSR count). The summed E-state index contributed by atoms with van der Waals surface area (Å²) in [6.07, 6.45) is 0. The van der Waals surface area contributed by atoms with Gasteiger partial charge in [-0.1, -0.05) is 6.07 Å². The monoisotopic (exact) mass is 243 g/mol. The van der Waals surface area contributed by atoms with E-state index in [1.165, 1.54) is 14.0 Å². The van der Waals surface area contributed by atoms with E-state index in [-0.39, 0.29) is 5.56 Å². The summed E-state index contributed by atoms with van der Waals surface area (Å²) in [6, 6.07) is 1.40. The molecule has 0 aliphatic rings. The second kappa shape index (κ2) is 4.90. The van der Waals surface area contributed by atoms with Crippen LogP contribution < -0.4 is 0 Å². The summed E-state index contributed by atoms with van der Waals surface area (Å²) in [5, 5.41) is 9.00. The van der Waals surface area contributed by atoms with E-state index < -0.39 is 29.6 Å². The highest BCUT2D eigenvalue weighted by Crippen LogP contribution is 2.21. The van der Waals surface area contributed by atoms with Crippen molar-refractivity contribution < 1.29 is 23.5 Å². The number of rotatable bonds is 3. The van der Waals surface area contributed by atoms with Gasteiger partial charge in [0, 0.05) is 14.0 Å². The van der Waals surface area contributed by atoms with Crippen LogP contribution in [-0.4, -0.2) is 28.9 Å². The molecule has 0 saturated heterocycles. The first kappa shape index (κ1) is 13.1. The van der Waals surface area contributed by atoms with Gasteiger partial charge in [0.15, 0.2) is 17.7 Å². The number of carboxylic acids is 1.